The molecule has 190 valence electrons. The van der Waals surface area contributed by atoms with Crippen LogP contribution < -0.4 is 10.1 Å². The van der Waals surface area contributed by atoms with E-state index in [9.17, 15) is 34.2 Å². The van der Waals surface area contributed by atoms with Gasteiger partial charge in [0.25, 0.3) is 17.5 Å². The number of β-lactam (4-membered cyclic amide) rings is 1. The Morgan fingerprint density at radius 3 is 2.44 bits per heavy atom. The minimum absolute atomic E-state index is 0.0799. The first-order chi connectivity index (χ1) is 17.1. The van der Waals surface area contributed by atoms with Gasteiger partial charge in [0.1, 0.15) is 5.75 Å². The number of aliphatic carboxylic acids is 1. The van der Waals surface area contributed by atoms with Crippen LogP contribution in [0.2, 0.25) is 0 Å². The molecule has 13 heteroatoms. The molecule has 1 aliphatic rings. The number of nitrogens with one attached hydrogen (secondary N) is 1. The number of benzene rings is 2. The van der Waals surface area contributed by atoms with E-state index in [0.29, 0.717) is 11.3 Å². The number of carbonyl (C=O) groups excluding carboxylic acids is 2. The van der Waals surface area contributed by atoms with Crippen molar-refractivity contribution in [3.63, 3.8) is 0 Å². The highest BCUT2D eigenvalue weighted by Crippen LogP contribution is 2.32. The number of hydrogen-bond donors (Lipinski definition) is 2. The molecule has 11 nitrogen and oxygen atoms in total. The van der Waals surface area contributed by atoms with E-state index in [-0.39, 0.29) is 17.7 Å². The number of amides is 2. The maximum Gasteiger partial charge on any atom is 0.330 e. The molecule has 0 aliphatic carbocycles. The summed E-state index contributed by atoms with van der Waals surface area (Å²) >= 11 is 0. The van der Waals surface area contributed by atoms with Gasteiger partial charge >= 0.3 is 5.97 Å². The van der Waals surface area contributed by atoms with Gasteiger partial charge in [0.15, 0.2) is 29.4 Å². The summed E-state index contributed by atoms with van der Waals surface area (Å²) in [6.45, 7) is 1.08. The SMILES string of the molecule is CC(=CCc1ccc([N+](=O)[O-])cc1)C(C(=O)O)N1C(=O)C(NC(=O)COc2ccccc2)C1[S+]([O-])Cl. The lowest BCUT2D eigenvalue weighted by atomic mass is 9.97. The van der Waals surface area contributed by atoms with Gasteiger partial charge in [-0.3, -0.25) is 24.6 Å². The van der Waals surface area contributed by atoms with Crippen molar-refractivity contribution in [3.05, 3.63) is 81.9 Å². The molecule has 0 bridgehead atoms. The van der Waals surface area contributed by atoms with E-state index >= 15 is 0 Å². The number of nitrogens with zero attached hydrogens (tertiary/aromatic N) is 2. The summed E-state index contributed by atoms with van der Waals surface area (Å²) in [5.41, 5.74) is 0.863. The molecule has 4 unspecified atom stereocenters. The minimum atomic E-state index is -2.19. The van der Waals surface area contributed by atoms with Crippen LogP contribution in [0.1, 0.15) is 12.5 Å². The monoisotopic (exact) mass is 535 g/mol. The van der Waals surface area contributed by atoms with E-state index in [1.165, 1.54) is 31.2 Å². The van der Waals surface area contributed by atoms with Crippen molar-refractivity contribution in [1.29, 1.82) is 0 Å². The Hall–Kier alpha value is -3.61. The minimum Gasteiger partial charge on any atom is -0.597 e. The molecule has 0 spiro atoms. The van der Waals surface area contributed by atoms with Crippen LogP contribution in [0, 0.1) is 10.1 Å². The van der Waals surface area contributed by atoms with E-state index < -0.39 is 57.2 Å². The number of carboxylic acid groups (broad SMARTS) is 1. The number of nitro benzene ring substituents is 1. The molecule has 2 aromatic rings. The van der Waals surface area contributed by atoms with Crippen molar-refractivity contribution in [3.8, 4) is 5.75 Å². The number of allylic oxidation sites excluding steroid dienone is 1. The number of halogens is 1. The second kappa shape index (κ2) is 11.9. The predicted molar refractivity (Wildman–Crippen MR) is 130 cm³/mol. The molecule has 3 rings (SSSR count). The third-order valence-electron chi connectivity index (χ3n) is 5.45. The average molecular weight is 536 g/mol. The molecule has 1 fully saturated rings. The Balaban J connectivity index is 1.69. The van der Waals surface area contributed by atoms with Gasteiger partial charge in [-0.2, -0.15) is 0 Å². The van der Waals surface area contributed by atoms with Crippen molar-refractivity contribution in [2.45, 2.75) is 30.8 Å². The number of likely N-dealkylation sites (tertiary alicyclic amines) is 1. The van der Waals surface area contributed by atoms with Gasteiger partial charge in [0, 0.05) is 12.1 Å². The maximum atomic E-state index is 12.8. The Morgan fingerprint density at radius 1 is 1.25 bits per heavy atom. The van der Waals surface area contributed by atoms with Gasteiger partial charge in [-0.05, 0) is 36.6 Å². The normalized spacial score (nSPS) is 19.1. The lowest BCUT2D eigenvalue weighted by molar-refractivity contribution is -0.384. The summed E-state index contributed by atoms with van der Waals surface area (Å²) in [6.07, 6.45) is 1.79. The van der Waals surface area contributed by atoms with Gasteiger partial charge in [0.2, 0.25) is 5.37 Å². The molecule has 0 aromatic heterocycles. The molecule has 1 heterocycles. The Labute approximate surface area is 213 Å². The van der Waals surface area contributed by atoms with Crippen LogP contribution in [-0.4, -0.2) is 61.3 Å². The molecule has 1 saturated heterocycles. The molecule has 2 N–H and O–H groups in total. The standard InChI is InChI=1S/C23H22ClN3O8S/c1-14(7-8-15-9-11-16(12-10-15)27(32)33)20(23(30)31)26-21(29)19(22(26)36(24)34)25-18(28)13-35-17-5-3-2-4-6-17/h2-7,9-12,19-20,22H,8,13H2,1H3,(H,25,28)(H,30,31). The Kier molecular flexibility index (Phi) is 8.91. The van der Waals surface area contributed by atoms with Crippen molar-refractivity contribution in [2.75, 3.05) is 6.61 Å². The third-order valence-corrected chi connectivity index (χ3v) is 6.88. The summed E-state index contributed by atoms with van der Waals surface area (Å²) in [4.78, 5) is 48.3. The fourth-order valence-corrected chi connectivity index (χ4v) is 5.02. The summed E-state index contributed by atoms with van der Waals surface area (Å²) in [5, 5.41) is 21.7. The third kappa shape index (κ3) is 6.33. The van der Waals surface area contributed by atoms with Crippen LogP contribution in [-0.2, 0) is 31.2 Å². The molecule has 0 saturated carbocycles. The van der Waals surface area contributed by atoms with Gasteiger partial charge in [-0.15, -0.1) is 0 Å². The number of carboxylic acids is 1. The predicted octanol–water partition coefficient (Wildman–Crippen LogP) is 2.17. The number of carbonyl (C=O) groups is 3. The number of ether oxygens (including phenoxy) is 1. The fraction of sp³-hybridized carbons (Fsp3) is 0.261. The van der Waals surface area contributed by atoms with E-state index in [1.807, 2.05) is 0 Å². The topological polar surface area (TPSA) is 162 Å². The summed E-state index contributed by atoms with van der Waals surface area (Å²) in [5.74, 6) is -2.35. The van der Waals surface area contributed by atoms with Gasteiger partial charge in [-0.25, -0.2) is 4.79 Å². The van der Waals surface area contributed by atoms with E-state index in [0.717, 1.165) is 4.90 Å². The van der Waals surface area contributed by atoms with Crippen LogP contribution in [0.3, 0.4) is 0 Å². The first-order valence-corrected chi connectivity index (χ1v) is 12.6. The van der Waals surface area contributed by atoms with Crippen molar-refractivity contribution in [2.24, 2.45) is 0 Å². The zero-order valence-electron chi connectivity index (χ0n) is 18.9. The smallest absolute Gasteiger partial charge is 0.330 e. The Morgan fingerprint density at radius 2 is 1.89 bits per heavy atom. The quantitative estimate of drug-likeness (QED) is 0.145. The first-order valence-electron chi connectivity index (χ1n) is 10.6. The van der Waals surface area contributed by atoms with E-state index in [4.69, 9.17) is 15.4 Å². The lowest BCUT2D eigenvalue weighted by Crippen LogP contribution is -2.75. The summed E-state index contributed by atoms with van der Waals surface area (Å²) in [7, 11) is 3.59. The number of non-ortho nitro benzene ring substituents is 1. The second-order valence-electron chi connectivity index (χ2n) is 7.85. The van der Waals surface area contributed by atoms with Crippen LogP contribution in [0.15, 0.2) is 66.2 Å². The highest BCUT2D eigenvalue weighted by atomic mass is 35.7. The second-order valence-corrected chi connectivity index (χ2v) is 9.74. The van der Waals surface area contributed by atoms with Crippen molar-refractivity contribution < 1.29 is 33.7 Å². The lowest BCUT2D eigenvalue weighted by Gasteiger charge is -2.46. The van der Waals surface area contributed by atoms with Gasteiger partial charge in [0.05, 0.1) is 15.3 Å². The van der Waals surface area contributed by atoms with Crippen LogP contribution in [0.5, 0.6) is 5.75 Å². The molecular formula is C23H22ClN3O8S. The van der Waals surface area contributed by atoms with Crippen LogP contribution in [0.4, 0.5) is 5.69 Å². The van der Waals surface area contributed by atoms with Gasteiger partial charge in [-0.1, -0.05) is 36.4 Å². The molecular weight excluding hydrogens is 514 g/mol. The van der Waals surface area contributed by atoms with E-state index in [1.54, 1.807) is 36.4 Å². The molecule has 4 atom stereocenters. The highest BCUT2D eigenvalue weighted by molar-refractivity contribution is 8.14. The molecule has 1 aliphatic heterocycles. The Bertz CT molecular complexity index is 1160. The average Bonchev–Trinajstić information content (AvgIpc) is 2.85. The van der Waals surface area contributed by atoms with Crippen molar-refractivity contribution >= 4 is 44.5 Å². The molecule has 36 heavy (non-hydrogen) atoms. The number of para-hydroxylation sites is 1. The van der Waals surface area contributed by atoms with Crippen LogP contribution in [0.25, 0.3) is 0 Å². The largest absolute Gasteiger partial charge is 0.597 e. The molecule has 0 radical (unpaired) electrons. The van der Waals surface area contributed by atoms with Crippen molar-refractivity contribution in [1.82, 2.24) is 10.2 Å². The molecule has 2 aromatic carbocycles. The number of nitro groups is 1. The zero-order chi connectivity index (χ0) is 26.4. The van der Waals surface area contributed by atoms with Crippen LogP contribution >= 0.6 is 10.7 Å². The van der Waals surface area contributed by atoms with Gasteiger partial charge < -0.3 is 19.7 Å². The van der Waals surface area contributed by atoms with E-state index in [2.05, 4.69) is 5.32 Å². The first kappa shape index (κ1) is 27.0. The maximum absolute atomic E-state index is 12.8. The number of rotatable bonds is 11. The highest BCUT2D eigenvalue weighted by Gasteiger charge is 2.60. The fourth-order valence-electron chi connectivity index (χ4n) is 3.65. The summed E-state index contributed by atoms with van der Waals surface area (Å²) < 4.78 is 17.5. The summed E-state index contributed by atoms with van der Waals surface area (Å²) in [6, 6.07) is 11.5. The zero-order valence-corrected chi connectivity index (χ0v) is 20.5. The molecule has 2 amide bonds. The number of hydrogen-bond acceptors (Lipinski definition) is 7.